The van der Waals surface area contributed by atoms with Gasteiger partial charge < -0.3 is 24.5 Å². The monoisotopic (exact) mass is 1140 g/mol. The second-order valence-electron chi connectivity index (χ2n) is 19.4. The molecule has 424 valence electrons. The number of rotatable bonds is 16. The standard InChI is InChI=1S/C18H20N6O.2C17H18N6.HO4P.H3O4P.H2/c19-7-5-16(13-3-1-2-4-13)24-10-14(9-22-24)17-15-6-8-23(12-25)18(15)21-11-20-17;2*18-7-5-15(12-3-1-2-4-12)23-10-13(9-22-23)16-14-6-8-19-17(14)21-11-20-16;1-4-5(2)3;1-3-5-4-2;/h6,8-11,13,16,25H,1-5,12H2;2*6,8-12,15H,1-5H2,(H,19,20,21);1H;1-2,5H;1H/t16-;2*15-;;;/m111.../s1. The van der Waals surface area contributed by atoms with Crippen molar-refractivity contribution >= 4 is 50.4 Å². The first-order valence-corrected chi connectivity index (χ1v) is 28.2. The van der Waals surface area contributed by atoms with Gasteiger partial charge in [0.1, 0.15) is 42.7 Å². The van der Waals surface area contributed by atoms with E-state index in [9.17, 15) is 20.9 Å². The SMILES string of the molecule is N#CC[C@H](C1CCCC1)n1cc(-c2ncnc3[nH]ccc23)cn1.N#CC[C@H](C1CCCC1)n1cc(-c2ncnc3[nH]ccc23)cn1.N#CC[C@H](C1CCCC1)n1cc(-c2ncnc3c2ccn3CO)cn1.O=[P+]([O-])OO.OOPOO.[HH]. The van der Waals surface area contributed by atoms with Crippen LogP contribution in [-0.4, -0.2) is 94.7 Å². The molecular weight excluding hydrogens is 1080 g/mol. The Hall–Kier alpha value is -7.83. The average molecular weight is 1150 g/mol. The van der Waals surface area contributed by atoms with Crippen molar-refractivity contribution in [3.63, 3.8) is 0 Å². The summed E-state index contributed by atoms with van der Waals surface area (Å²) in [6.45, 7) is -0.120. The molecular formula is C52H62N18O9P2. The van der Waals surface area contributed by atoms with E-state index in [0.717, 1.165) is 61.2 Å². The Bertz CT molecular complexity index is 3400. The number of fused-ring (bicyclic) bond motifs is 3. The van der Waals surface area contributed by atoms with Crippen molar-refractivity contribution in [2.75, 3.05) is 0 Å². The lowest BCUT2D eigenvalue weighted by molar-refractivity contribution is -0.244. The second kappa shape index (κ2) is 30.1. The predicted octanol–water partition coefficient (Wildman–Crippen LogP) is 10.0. The molecule has 0 spiro atoms. The van der Waals surface area contributed by atoms with Gasteiger partial charge in [-0.15, -0.1) is 0 Å². The number of hydrogen-bond acceptors (Lipinski definition) is 21. The third-order valence-electron chi connectivity index (χ3n) is 14.9. The topological polar surface area (TPSA) is 387 Å². The van der Waals surface area contributed by atoms with Crippen LogP contribution in [0, 0.1) is 51.7 Å². The fourth-order valence-corrected chi connectivity index (χ4v) is 11.3. The van der Waals surface area contributed by atoms with Crippen molar-refractivity contribution in [2.45, 2.75) is 121 Å². The molecule has 0 amide bonds. The maximum absolute atomic E-state index is 9.40. The van der Waals surface area contributed by atoms with Gasteiger partial charge >= 0.3 is 8.25 Å². The maximum Gasteiger partial charge on any atom is 0.521 e. The Balaban J connectivity index is 0.000000162. The molecule has 4 atom stereocenters. The Morgan fingerprint density at radius 2 is 0.988 bits per heavy atom. The third kappa shape index (κ3) is 15.0. The van der Waals surface area contributed by atoms with Crippen LogP contribution in [0.1, 0.15) is 116 Å². The molecule has 3 saturated carbocycles. The van der Waals surface area contributed by atoms with Gasteiger partial charge in [-0.25, -0.2) is 45.7 Å². The van der Waals surface area contributed by atoms with E-state index in [1.165, 1.54) is 83.4 Å². The summed E-state index contributed by atoms with van der Waals surface area (Å²) in [4.78, 5) is 41.1. The number of aliphatic hydroxyl groups is 1. The van der Waals surface area contributed by atoms with Gasteiger partial charge in [0.2, 0.25) is 9.03 Å². The molecule has 0 bridgehead atoms. The molecule has 0 radical (unpaired) electrons. The minimum atomic E-state index is -3.04. The number of H-pyrrole nitrogens is 2. The normalized spacial score (nSPS) is 15.7. The smallest absolute Gasteiger partial charge is 0.521 e. The van der Waals surface area contributed by atoms with Crippen LogP contribution in [0.15, 0.2) is 93.0 Å². The molecule has 0 aliphatic heterocycles. The highest BCUT2D eigenvalue weighted by Crippen LogP contribution is 2.40. The van der Waals surface area contributed by atoms with Gasteiger partial charge in [0.25, 0.3) is 0 Å². The fraction of sp³-hybridized carbons (Fsp3) is 0.423. The zero-order valence-corrected chi connectivity index (χ0v) is 45.8. The fourth-order valence-electron chi connectivity index (χ4n) is 11.2. The summed E-state index contributed by atoms with van der Waals surface area (Å²) in [5, 5.41) is 75.1. The lowest BCUT2D eigenvalue weighted by Crippen LogP contribution is -2.17. The van der Waals surface area contributed by atoms with Gasteiger partial charge in [-0.1, -0.05) is 38.5 Å². The molecule has 9 aromatic heterocycles. The summed E-state index contributed by atoms with van der Waals surface area (Å²) < 4.78 is 25.7. The van der Waals surface area contributed by atoms with Crippen LogP contribution in [-0.2, 0) is 25.3 Å². The van der Waals surface area contributed by atoms with E-state index in [-0.39, 0.29) is 26.3 Å². The van der Waals surface area contributed by atoms with E-state index in [4.69, 9.17) is 25.2 Å². The highest BCUT2D eigenvalue weighted by atomic mass is 31.1. The second-order valence-corrected chi connectivity index (χ2v) is 20.6. The van der Waals surface area contributed by atoms with E-state index >= 15 is 0 Å². The van der Waals surface area contributed by atoms with Crippen molar-refractivity contribution in [2.24, 2.45) is 17.8 Å². The lowest BCUT2D eigenvalue weighted by Gasteiger charge is -2.21. The number of aromatic nitrogens is 15. The first kappa shape index (κ1) is 59.3. The molecule has 81 heavy (non-hydrogen) atoms. The Morgan fingerprint density at radius 1 is 0.617 bits per heavy atom. The van der Waals surface area contributed by atoms with Gasteiger partial charge in [0.05, 0.1) is 91.3 Å². The first-order chi connectivity index (χ1) is 39.7. The van der Waals surface area contributed by atoms with Gasteiger partial charge in [-0.05, 0) is 79.0 Å². The molecule has 9 aromatic rings. The first-order valence-electron chi connectivity index (χ1n) is 26.3. The number of hydrogen-bond donors (Lipinski definition) is 6. The quantitative estimate of drug-likeness (QED) is 0.0297. The molecule has 6 N–H and O–H groups in total. The molecule has 29 heteroatoms. The summed E-state index contributed by atoms with van der Waals surface area (Å²) in [5.41, 5.74) is 7.75. The molecule has 9 heterocycles. The van der Waals surface area contributed by atoms with Crippen molar-refractivity contribution in [1.29, 1.82) is 15.8 Å². The van der Waals surface area contributed by atoms with Gasteiger partial charge in [0, 0.05) is 76.1 Å². The van der Waals surface area contributed by atoms with Crippen LogP contribution < -0.4 is 4.89 Å². The average Bonchev–Trinajstić information content (AvgIpc) is 4.48. The summed E-state index contributed by atoms with van der Waals surface area (Å²) in [5.74, 6) is 1.63. The van der Waals surface area contributed by atoms with Crippen LogP contribution in [0.5, 0.6) is 0 Å². The summed E-state index contributed by atoms with van der Waals surface area (Å²) in [6, 6.07) is 13.3. The van der Waals surface area contributed by atoms with E-state index in [1.807, 2.05) is 75.6 Å². The maximum atomic E-state index is 9.40. The summed E-state index contributed by atoms with van der Waals surface area (Å²) >= 11 is 0. The van der Waals surface area contributed by atoms with E-state index in [2.05, 4.69) is 87.4 Å². The number of nitrogens with one attached hydrogen (secondary N) is 2. The third-order valence-corrected chi connectivity index (χ3v) is 15.2. The van der Waals surface area contributed by atoms with E-state index < -0.39 is 17.3 Å². The Labute approximate surface area is 468 Å². The molecule has 27 nitrogen and oxygen atoms in total. The molecule has 0 saturated heterocycles. The summed E-state index contributed by atoms with van der Waals surface area (Å²) in [7, 11) is -3.73. The van der Waals surface area contributed by atoms with Gasteiger partial charge in [-0.3, -0.25) is 14.0 Å². The highest BCUT2D eigenvalue weighted by molar-refractivity contribution is 7.30. The molecule has 1 unspecified atom stereocenters. The number of aliphatic hydroxyl groups excluding tert-OH is 1. The van der Waals surface area contributed by atoms with Gasteiger partial charge in [-0.2, -0.15) is 40.4 Å². The Morgan fingerprint density at radius 3 is 1.32 bits per heavy atom. The minimum absolute atomic E-state index is 0. The van der Waals surface area contributed by atoms with Crippen molar-refractivity contribution in [1.82, 2.24) is 73.8 Å². The van der Waals surface area contributed by atoms with Crippen LogP contribution in [0.4, 0.5) is 0 Å². The van der Waals surface area contributed by atoms with Crippen LogP contribution >= 0.6 is 17.3 Å². The van der Waals surface area contributed by atoms with Crippen molar-refractivity contribution in [3.05, 3.63) is 93.0 Å². The Kier molecular flexibility index (Phi) is 22.0. The van der Waals surface area contributed by atoms with Crippen LogP contribution in [0.25, 0.3) is 66.9 Å². The zero-order valence-electron chi connectivity index (χ0n) is 43.9. The van der Waals surface area contributed by atoms with Gasteiger partial charge in [0.15, 0.2) is 0 Å². The predicted molar refractivity (Wildman–Crippen MR) is 294 cm³/mol. The largest absolute Gasteiger partial charge is 0.565 e. The lowest BCUT2D eigenvalue weighted by atomic mass is 9.96. The van der Waals surface area contributed by atoms with Crippen molar-refractivity contribution in [3.8, 4) is 52.0 Å². The molecule has 3 aliphatic carbocycles. The zero-order chi connectivity index (χ0) is 56.9. The number of nitriles is 3. The molecule has 0 aromatic carbocycles. The number of aromatic amines is 2. The minimum Gasteiger partial charge on any atom is -0.565 e. The van der Waals surface area contributed by atoms with Crippen LogP contribution in [0.2, 0.25) is 0 Å². The number of nitrogens with zero attached hydrogens (tertiary/aromatic N) is 16. The molecule has 12 rings (SSSR count). The van der Waals surface area contributed by atoms with E-state index in [0.29, 0.717) is 42.7 Å². The van der Waals surface area contributed by atoms with E-state index in [1.54, 1.807) is 29.6 Å². The molecule has 3 fully saturated rings. The molecule has 3 aliphatic rings. The van der Waals surface area contributed by atoms with Crippen molar-refractivity contribution < 1.29 is 45.8 Å². The highest BCUT2D eigenvalue weighted by Gasteiger charge is 2.30. The van der Waals surface area contributed by atoms with Crippen LogP contribution in [0.3, 0.4) is 0 Å². The summed E-state index contributed by atoms with van der Waals surface area (Å²) in [6.07, 6.45) is 37.8.